The fourth-order valence-electron chi connectivity index (χ4n) is 3.24. The zero-order valence-corrected chi connectivity index (χ0v) is 15.7. The van der Waals surface area contributed by atoms with Gasteiger partial charge < -0.3 is 9.73 Å². The molecule has 2 amide bonds. The number of carbonyl (C=O) groups is 2. The van der Waals surface area contributed by atoms with Crippen LogP contribution >= 0.6 is 0 Å². The summed E-state index contributed by atoms with van der Waals surface area (Å²) in [4.78, 5) is 24.4. The van der Waals surface area contributed by atoms with Gasteiger partial charge in [0.15, 0.2) is 5.76 Å². The molecule has 0 unspecified atom stereocenters. The Morgan fingerprint density at radius 2 is 1.89 bits per heavy atom. The Morgan fingerprint density at radius 1 is 1.11 bits per heavy atom. The average molecular weight is 367 g/mol. The fourth-order valence-corrected chi connectivity index (χ4v) is 3.24. The standard InChI is InChI=1S/C21H25N3O3/c1-14-11-12-19(27-14)21(26)24-23-15(2)17-9-6-10-18(13-17)22-20(25)16-7-4-3-5-8-16/h6,9-13,16H,3-5,7-8H2,1-2H3,(H,22,25)(H,24,26)/b23-15-. The van der Waals surface area contributed by atoms with Crippen LogP contribution in [0.3, 0.4) is 0 Å². The summed E-state index contributed by atoms with van der Waals surface area (Å²) in [5, 5.41) is 7.14. The number of nitrogens with zero attached hydrogens (tertiary/aromatic N) is 1. The highest BCUT2D eigenvalue weighted by molar-refractivity contribution is 6.02. The van der Waals surface area contributed by atoms with E-state index in [0.717, 1.165) is 36.9 Å². The number of benzene rings is 1. The summed E-state index contributed by atoms with van der Waals surface area (Å²) in [6, 6.07) is 10.8. The van der Waals surface area contributed by atoms with Crippen molar-refractivity contribution in [2.75, 3.05) is 5.32 Å². The Balaban J connectivity index is 1.63. The zero-order valence-electron chi connectivity index (χ0n) is 15.7. The van der Waals surface area contributed by atoms with E-state index in [9.17, 15) is 9.59 Å². The van der Waals surface area contributed by atoms with Crippen LogP contribution in [0.5, 0.6) is 0 Å². The highest BCUT2D eigenvalue weighted by Crippen LogP contribution is 2.25. The number of amides is 2. The van der Waals surface area contributed by atoms with E-state index in [2.05, 4.69) is 15.8 Å². The van der Waals surface area contributed by atoms with Crippen molar-refractivity contribution in [2.24, 2.45) is 11.0 Å². The van der Waals surface area contributed by atoms with Gasteiger partial charge in [0, 0.05) is 11.6 Å². The molecule has 0 spiro atoms. The van der Waals surface area contributed by atoms with Crippen LogP contribution < -0.4 is 10.7 Å². The fraction of sp³-hybridized carbons (Fsp3) is 0.381. The lowest BCUT2D eigenvalue weighted by Gasteiger charge is -2.20. The lowest BCUT2D eigenvalue weighted by molar-refractivity contribution is -0.120. The van der Waals surface area contributed by atoms with Crippen molar-refractivity contribution in [2.45, 2.75) is 46.0 Å². The minimum Gasteiger partial charge on any atom is -0.456 e. The molecule has 1 saturated carbocycles. The van der Waals surface area contributed by atoms with Crippen molar-refractivity contribution in [3.8, 4) is 0 Å². The van der Waals surface area contributed by atoms with Crippen LogP contribution in [0.4, 0.5) is 5.69 Å². The first kappa shape index (κ1) is 18.9. The molecular formula is C21H25N3O3. The monoisotopic (exact) mass is 367 g/mol. The van der Waals surface area contributed by atoms with Gasteiger partial charge in [0.05, 0.1) is 5.71 Å². The van der Waals surface area contributed by atoms with Gasteiger partial charge in [-0.3, -0.25) is 9.59 Å². The molecule has 6 heteroatoms. The maximum atomic E-state index is 12.4. The third-order valence-corrected chi connectivity index (χ3v) is 4.81. The van der Waals surface area contributed by atoms with Gasteiger partial charge in [0.2, 0.25) is 5.91 Å². The van der Waals surface area contributed by atoms with Crippen molar-refractivity contribution in [1.82, 2.24) is 5.43 Å². The summed E-state index contributed by atoms with van der Waals surface area (Å²) in [5.41, 5.74) is 4.70. The smallest absolute Gasteiger partial charge is 0.307 e. The van der Waals surface area contributed by atoms with Crippen LogP contribution in [0.25, 0.3) is 0 Å². The quantitative estimate of drug-likeness (QED) is 0.612. The first-order chi connectivity index (χ1) is 13.0. The minimum atomic E-state index is -0.399. The Kier molecular flexibility index (Phi) is 6.06. The van der Waals surface area contributed by atoms with Crippen molar-refractivity contribution >= 4 is 23.2 Å². The number of nitrogens with one attached hydrogen (secondary N) is 2. The molecule has 0 aliphatic heterocycles. The molecule has 0 atom stereocenters. The maximum Gasteiger partial charge on any atom is 0.307 e. The molecule has 0 saturated heterocycles. The number of hydrazone groups is 1. The number of hydrogen-bond acceptors (Lipinski definition) is 4. The molecule has 142 valence electrons. The van der Waals surface area contributed by atoms with Crippen molar-refractivity contribution < 1.29 is 14.0 Å². The van der Waals surface area contributed by atoms with E-state index in [1.165, 1.54) is 6.42 Å². The summed E-state index contributed by atoms with van der Waals surface area (Å²) in [6.45, 7) is 3.58. The third-order valence-electron chi connectivity index (χ3n) is 4.81. The molecule has 1 fully saturated rings. The molecule has 1 heterocycles. The minimum absolute atomic E-state index is 0.0860. The molecular weight excluding hydrogens is 342 g/mol. The average Bonchev–Trinajstić information content (AvgIpc) is 3.13. The normalized spacial score (nSPS) is 15.4. The van der Waals surface area contributed by atoms with Gasteiger partial charge in [-0.25, -0.2) is 5.43 Å². The number of carbonyl (C=O) groups excluding carboxylic acids is 2. The van der Waals surface area contributed by atoms with E-state index >= 15 is 0 Å². The SMILES string of the molecule is C/C(=N/NC(=O)c1ccc(C)o1)c1cccc(NC(=O)C2CCCCC2)c1. The van der Waals surface area contributed by atoms with Crippen LogP contribution in [0, 0.1) is 12.8 Å². The van der Waals surface area contributed by atoms with Crippen LogP contribution in [0.1, 0.15) is 60.9 Å². The first-order valence-corrected chi connectivity index (χ1v) is 9.35. The molecule has 6 nitrogen and oxygen atoms in total. The second-order valence-corrected chi connectivity index (χ2v) is 6.95. The summed E-state index contributed by atoms with van der Waals surface area (Å²) >= 11 is 0. The van der Waals surface area contributed by atoms with E-state index in [1.807, 2.05) is 24.3 Å². The lowest BCUT2D eigenvalue weighted by atomic mass is 9.88. The third kappa shape index (κ3) is 5.06. The van der Waals surface area contributed by atoms with Gasteiger partial charge in [-0.15, -0.1) is 0 Å². The Morgan fingerprint density at radius 3 is 2.59 bits per heavy atom. The molecule has 1 aliphatic carbocycles. The maximum absolute atomic E-state index is 12.4. The molecule has 0 bridgehead atoms. The lowest BCUT2D eigenvalue weighted by Crippen LogP contribution is -2.24. The Bertz CT molecular complexity index is 848. The highest BCUT2D eigenvalue weighted by Gasteiger charge is 2.21. The summed E-state index contributed by atoms with van der Waals surface area (Å²) in [6.07, 6.45) is 5.39. The van der Waals surface area contributed by atoms with Crippen molar-refractivity contribution in [3.05, 3.63) is 53.5 Å². The molecule has 0 radical (unpaired) electrons. The van der Waals surface area contributed by atoms with Crippen molar-refractivity contribution in [1.29, 1.82) is 0 Å². The second-order valence-electron chi connectivity index (χ2n) is 6.95. The van der Waals surface area contributed by atoms with Gasteiger partial charge in [0.1, 0.15) is 5.76 Å². The van der Waals surface area contributed by atoms with Crippen LogP contribution in [0.2, 0.25) is 0 Å². The largest absolute Gasteiger partial charge is 0.456 e. The van der Waals surface area contributed by atoms with E-state index in [0.29, 0.717) is 11.5 Å². The molecule has 2 aromatic rings. The summed E-state index contributed by atoms with van der Waals surface area (Å²) in [7, 11) is 0. The number of rotatable bonds is 5. The number of anilines is 1. The van der Waals surface area contributed by atoms with Gasteiger partial charge in [-0.1, -0.05) is 31.4 Å². The van der Waals surface area contributed by atoms with Gasteiger partial charge in [-0.05, 0) is 56.5 Å². The Labute approximate surface area is 159 Å². The van der Waals surface area contributed by atoms with E-state index < -0.39 is 5.91 Å². The van der Waals surface area contributed by atoms with E-state index in [1.54, 1.807) is 26.0 Å². The topological polar surface area (TPSA) is 83.7 Å². The van der Waals surface area contributed by atoms with E-state index in [4.69, 9.17) is 4.42 Å². The van der Waals surface area contributed by atoms with E-state index in [-0.39, 0.29) is 17.6 Å². The predicted octanol–water partition coefficient (Wildman–Crippen LogP) is 4.26. The van der Waals surface area contributed by atoms with Gasteiger partial charge in [0.25, 0.3) is 0 Å². The summed E-state index contributed by atoms with van der Waals surface area (Å²) < 4.78 is 5.27. The van der Waals surface area contributed by atoms with Crippen LogP contribution in [-0.4, -0.2) is 17.5 Å². The molecule has 3 rings (SSSR count). The summed E-state index contributed by atoms with van der Waals surface area (Å²) in [5.74, 6) is 0.681. The first-order valence-electron chi connectivity index (χ1n) is 9.35. The molecule has 1 aromatic carbocycles. The van der Waals surface area contributed by atoms with Crippen molar-refractivity contribution in [3.63, 3.8) is 0 Å². The number of hydrogen-bond donors (Lipinski definition) is 2. The molecule has 2 N–H and O–H groups in total. The van der Waals surface area contributed by atoms with Gasteiger partial charge >= 0.3 is 5.91 Å². The predicted molar refractivity (Wildman–Crippen MR) is 105 cm³/mol. The molecule has 27 heavy (non-hydrogen) atoms. The zero-order chi connectivity index (χ0) is 19.2. The van der Waals surface area contributed by atoms with Crippen LogP contribution in [-0.2, 0) is 4.79 Å². The van der Waals surface area contributed by atoms with Crippen LogP contribution in [0.15, 0.2) is 45.9 Å². The highest BCUT2D eigenvalue weighted by atomic mass is 16.3. The number of aryl methyl sites for hydroxylation is 1. The Hall–Kier alpha value is -2.89. The van der Waals surface area contributed by atoms with Gasteiger partial charge in [-0.2, -0.15) is 5.10 Å². The molecule has 1 aromatic heterocycles. The second kappa shape index (κ2) is 8.66. The number of furan rings is 1. The molecule has 1 aliphatic rings.